The first kappa shape index (κ1) is 15.7. The Kier molecular flexibility index (Phi) is 5.11. The summed E-state index contributed by atoms with van der Waals surface area (Å²) in [6, 6.07) is 5.40. The lowest BCUT2D eigenvalue weighted by atomic mass is 10.1. The van der Waals surface area contributed by atoms with E-state index in [9.17, 15) is 9.59 Å². The normalized spacial score (nSPS) is 11.0. The van der Waals surface area contributed by atoms with E-state index >= 15 is 0 Å². The van der Waals surface area contributed by atoms with Gasteiger partial charge in [-0.1, -0.05) is 22.0 Å². The van der Waals surface area contributed by atoms with Gasteiger partial charge in [-0.2, -0.15) is 0 Å². The predicted molar refractivity (Wildman–Crippen MR) is 79.1 cm³/mol. The second kappa shape index (κ2) is 6.19. The zero-order valence-corrected chi connectivity index (χ0v) is 13.2. The Morgan fingerprint density at radius 3 is 2.47 bits per heavy atom. The lowest BCUT2D eigenvalue weighted by Crippen LogP contribution is -2.45. The van der Waals surface area contributed by atoms with Crippen LogP contribution in [0.2, 0.25) is 0 Å². The molecule has 4 nitrogen and oxygen atoms in total. The van der Waals surface area contributed by atoms with Crippen LogP contribution in [-0.4, -0.2) is 23.9 Å². The number of hydrogen-bond acceptors (Lipinski definition) is 2. The van der Waals surface area contributed by atoms with E-state index in [0.29, 0.717) is 5.56 Å². The van der Waals surface area contributed by atoms with Crippen LogP contribution in [0.15, 0.2) is 22.7 Å². The van der Waals surface area contributed by atoms with Gasteiger partial charge in [0.05, 0.1) is 6.54 Å². The van der Waals surface area contributed by atoms with Crippen molar-refractivity contribution in [1.29, 1.82) is 0 Å². The number of carbonyl (C=O) groups is 2. The third-order valence-electron chi connectivity index (χ3n) is 2.44. The molecule has 0 aliphatic heterocycles. The van der Waals surface area contributed by atoms with E-state index in [1.54, 1.807) is 12.1 Å². The topological polar surface area (TPSA) is 58.2 Å². The van der Waals surface area contributed by atoms with Crippen LogP contribution in [0.25, 0.3) is 0 Å². The van der Waals surface area contributed by atoms with Gasteiger partial charge in [-0.15, -0.1) is 0 Å². The molecule has 0 saturated carbocycles. The van der Waals surface area contributed by atoms with E-state index in [4.69, 9.17) is 0 Å². The Bertz CT molecular complexity index is 493. The molecule has 0 aliphatic rings. The third-order valence-corrected chi connectivity index (χ3v) is 3.30. The molecular formula is C14H19BrN2O2. The summed E-state index contributed by atoms with van der Waals surface area (Å²) in [5, 5.41) is 5.41. The fraction of sp³-hybridized carbons (Fsp3) is 0.429. The van der Waals surface area contributed by atoms with Crippen molar-refractivity contribution in [2.24, 2.45) is 0 Å². The van der Waals surface area contributed by atoms with Gasteiger partial charge in [-0.05, 0) is 45.4 Å². The molecule has 1 aromatic rings. The Balaban J connectivity index is 2.61. The van der Waals surface area contributed by atoms with E-state index in [0.717, 1.165) is 10.0 Å². The van der Waals surface area contributed by atoms with Crippen LogP contribution >= 0.6 is 15.9 Å². The molecule has 0 bridgehead atoms. The monoisotopic (exact) mass is 326 g/mol. The van der Waals surface area contributed by atoms with Crippen LogP contribution in [0, 0.1) is 6.92 Å². The molecular weight excluding hydrogens is 308 g/mol. The van der Waals surface area contributed by atoms with Crippen molar-refractivity contribution < 1.29 is 9.59 Å². The molecule has 0 radical (unpaired) electrons. The molecule has 1 rings (SSSR count). The second-order valence-corrected chi connectivity index (χ2v) is 6.25. The van der Waals surface area contributed by atoms with Gasteiger partial charge in [0.25, 0.3) is 5.91 Å². The van der Waals surface area contributed by atoms with Crippen molar-refractivity contribution in [3.8, 4) is 0 Å². The van der Waals surface area contributed by atoms with E-state index in [1.165, 1.54) is 0 Å². The van der Waals surface area contributed by atoms with Crippen LogP contribution in [-0.2, 0) is 4.79 Å². The molecule has 0 heterocycles. The van der Waals surface area contributed by atoms with Crippen LogP contribution in [0.4, 0.5) is 0 Å². The lowest BCUT2D eigenvalue weighted by molar-refractivity contribution is -0.121. The zero-order chi connectivity index (χ0) is 14.6. The molecule has 104 valence electrons. The van der Waals surface area contributed by atoms with Crippen molar-refractivity contribution in [3.63, 3.8) is 0 Å². The van der Waals surface area contributed by atoms with Crippen molar-refractivity contribution in [1.82, 2.24) is 10.6 Å². The highest BCUT2D eigenvalue weighted by Gasteiger charge is 2.15. The molecule has 5 heteroatoms. The summed E-state index contributed by atoms with van der Waals surface area (Å²) >= 11 is 3.37. The number of carbonyl (C=O) groups excluding carboxylic acids is 2. The number of halogens is 1. The number of amides is 2. The Morgan fingerprint density at radius 2 is 1.89 bits per heavy atom. The van der Waals surface area contributed by atoms with Gasteiger partial charge < -0.3 is 10.6 Å². The maximum absolute atomic E-state index is 12.0. The highest BCUT2D eigenvalue weighted by Crippen LogP contribution is 2.19. The highest BCUT2D eigenvalue weighted by molar-refractivity contribution is 9.10. The van der Waals surface area contributed by atoms with Gasteiger partial charge in [0.2, 0.25) is 5.91 Å². The van der Waals surface area contributed by atoms with Crippen LogP contribution in [0.1, 0.15) is 36.7 Å². The standard InChI is InChI=1S/C14H19BrN2O2/c1-9-10(6-5-7-11(9)15)13(19)16-8-12(18)17-14(2,3)4/h5-7H,8H2,1-4H3,(H,16,19)(H,17,18). The number of rotatable bonds is 3. The summed E-state index contributed by atoms with van der Waals surface area (Å²) in [6.07, 6.45) is 0. The molecule has 19 heavy (non-hydrogen) atoms. The SMILES string of the molecule is Cc1c(Br)cccc1C(=O)NCC(=O)NC(C)(C)C. The molecule has 0 unspecified atom stereocenters. The smallest absolute Gasteiger partial charge is 0.252 e. The second-order valence-electron chi connectivity index (χ2n) is 5.39. The fourth-order valence-electron chi connectivity index (χ4n) is 1.57. The highest BCUT2D eigenvalue weighted by atomic mass is 79.9. The maximum Gasteiger partial charge on any atom is 0.252 e. The van der Waals surface area contributed by atoms with Gasteiger partial charge in [0, 0.05) is 15.6 Å². The van der Waals surface area contributed by atoms with Gasteiger partial charge in [0.15, 0.2) is 0 Å². The molecule has 0 spiro atoms. The molecule has 0 saturated heterocycles. The molecule has 2 N–H and O–H groups in total. The van der Waals surface area contributed by atoms with Gasteiger partial charge in [0.1, 0.15) is 0 Å². The number of nitrogens with one attached hydrogen (secondary N) is 2. The third kappa shape index (κ3) is 5.03. The summed E-state index contributed by atoms with van der Waals surface area (Å²) in [4.78, 5) is 23.6. The van der Waals surface area contributed by atoms with E-state index in [2.05, 4.69) is 26.6 Å². The first-order chi connectivity index (χ1) is 8.70. The Labute approximate surface area is 122 Å². The average molecular weight is 327 g/mol. The largest absolute Gasteiger partial charge is 0.350 e. The molecule has 0 aliphatic carbocycles. The number of hydrogen-bond donors (Lipinski definition) is 2. The summed E-state index contributed by atoms with van der Waals surface area (Å²) in [6.45, 7) is 7.51. The minimum absolute atomic E-state index is 0.0257. The number of benzene rings is 1. The lowest BCUT2D eigenvalue weighted by Gasteiger charge is -2.20. The summed E-state index contributed by atoms with van der Waals surface area (Å²) in [5.74, 6) is -0.448. The fourth-order valence-corrected chi connectivity index (χ4v) is 1.94. The van der Waals surface area contributed by atoms with Gasteiger partial charge in [-0.3, -0.25) is 9.59 Å². The summed E-state index contributed by atoms with van der Waals surface area (Å²) < 4.78 is 0.874. The first-order valence-electron chi connectivity index (χ1n) is 6.05. The van der Waals surface area contributed by atoms with Crippen LogP contribution in [0.3, 0.4) is 0 Å². The van der Waals surface area contributed by atoms with Crippen molar-refractivity contribution >= 4 is 27.7 Å². The maximum atomic E-state index is 12.0. The minimum atomic E-state index is -0.298. The molecule has 1 aromatic carbocycles. The molecule has 0 fully saturated rings. The predicted octanol–water partition coefficient (Wildman–Crippen LogP) is 2.40. The van der Waals surface area contributed by atoms with Crippen LogP contribution < -0.4 is 10.6 Å². The van der Waals surface area contributed by atoms with E-state index in [-0.39, 0.29) is 23.9 Å². The zero-order valence-electron chi connectivity index (χ0n) is 11.6. The molecule has 0 aromatic heterocycles. The summed E-state index contributed by atoms with van der Waals surface area (Å²) in [5.41, 5.74) is 1.13. The average Bonchev–Trinajstić information content (AvgIpc) is 2.27. The van der Waals surface area contributed by atoms with Gasteiger partial charge >= 0.3 is 0 Å². The summed E-state index contributed by atoms with van der Waals surface area (Å²) in [7, 11) is 0. The van der Waals surface area contributed by atoms with Crippen molar-refractivity contribution in [2.75, 3.05) is 6.54 Å². The Morgan fingerprint density at radius 1 is 1.26 bits per heavy atom. The molecule has 2 amide bonds. The van der Waals surface area contributed by atoms with Crippen molar-refractivity contribution in [2.45, 2.75) is 33.2 Å². The van der Waals surface area contributed by atoms with E-state index < -0.39 is 0 Å². The quantitative estimate of drug-likeness (QED) is 0.896. The van der Waals surface area contributed by atoms with Gasteiger partial charge in [-0.25, -0.2) is 0 Å². The van der Waals surface area contributed by atoms with E-state index in [1.807, 2.05) is 33.8 Å². The van der Waals surface area contributed by atoms with Crippen molar-refractivity contribution in [3.05, 3.63) is 33.8 Å². The molecule has 0 atom stereocenters. The Hall–Kier alpha value is -1.36. The first-order valence-corrected chi connectivity index (χ1v) is 6.84. The van der Waals surface area contributed by atoms with Crippen LogP contribution in [0.5, 0.6) is 0 Å². The minimum Gasteiger partial charge on any atom is -0.350 e.